The van der Waals surface area contributed by atoms with Crippen LogP contribution < -0.4 is 5.32 Å². The Bertz CT molecular complexity index is 836. The Hall–Kier alpha value is -2.18. The number of carboxylic acids is 1. The maximum atomic E-state index is 10.6. The summed E-state index contributed by atoms with van der Waals surface area (Å²) in [6, 6.07) is 10.00. The quantitative estimate of drug-likeness (QED) is 0.514. The summed E-state index contributed by atoms with van der Waals surface area (Å²) in [5.41, 5.74) is 2.13. The van der Waals surface area contributed by atoms with Crippen LogP contribution in [0.1, 0.15) is 12.8 Å². The third-order valence-electron chi connectivity index (χ3n) is 3.35. The normalized spacial score (nSPS) is 10.8. The number of benzene rings is 1. The first kappa shape index (κ1) is 15.7. The van der Waals surface area contributed by atoms with Crippen molar-refractivity contribution >= 4 is 44.9 Å². The number of thiophene rings is 1. The standard InChI is InChI=1S/C16H14ClN3O2S/c17-16-19-14(18-8-4-7-12(21)22)13-11(9-23-15(13)20-16)10-5-2-1-3-6-10/h1-3,5-6,9H,4,7-8H2,(H,21,22)(H,18,19,20). The van der Waals surface area contributed by atoms with Gasteiger partial charge in [-0.25, -0.2) is 9.97 Å². The molecule has 0 saturated heterocycles. The van der Waals surface area contributed by atoms with Gasteiger partial charge < -0.3 is 10.4 Å². The molecule has 5 nitrogen and oxygen atoms in total. The van der Waals surface area contributed by atoms with Gasteiger partial charge in [0.15, 0.2) is 0 Å². The number of aromatic nitrogens is 2. The van der Waals surface area contributed by atoms with Crippen LogP contribution in [0.15, 0.2) is 35.7 Å². The van der Waals surface area contributed by atoms with Crippen LogP contribution in [0.25, 0.3) is 21.3 Å². The summed E-state index contributed by atoms with van der Waals surface area (Å²) in [7, 11) is 0. The lowest BCUT2D eigenvalue weighted by Gasteiger charge is -2.08. The monoisotopic (exact) mass is 347 g/mol. The van der Waals surface area contributed by atoms with Gasteiger partial charge in [-0.1, -0.05) is 30.3 Å². The van der Waals surface area contributed by atoms with E-state index in [0.29, 0.717) is 18.8 Å². The zero-order valence-corrected chi connectivity index (χ0v) is 13.7. The van der Waals surface area contributed by atoms with Crippen LogP contribution in [0.5, 0.6) is 0 Å². The Morgan fingerprint density at radius 1 is 1.26 bits per heavy atom. The van der Waals surface area contributed by atoms with Crippen molar-refractivity contribution < 1.29 is 9.90 Å². The van der Waals surface area contributed by atoms with Gasteiger partial charge in [0.2, 0.25) is 5.28 Å². The second kappa shape index (κ2) is 6.93. The molecule has 0 spiro atoms. The summed E-state index contributed by atoms with van der Waals surface area (Å²) in [5.74, 6) is -0.163. The summed E-state index contributed by atoms with van der Waals surface area (Å²) in [6.07, 6.45) is 0.632. The van der Waals surface area contributed by atoms with Crippen molar-refractivity contribution in [3.8, 4) is 11.1 Å². The first-order chi connectivity index (χ1) is 11.1. The Balaban J connectivity index is 1.96. The highest BCUT2D eigenvalue weighted by atomic mass is 35.5. The van der Waals surface area contributed by atoms with Crippen LogP contribution in [0.2, 0.25) is 5.28 Å². The van der Waals surface area contributed by atoms with Crippen LogP contribution in [-0.4, -0.2) is 27.6 Å². The van der Waals surface area contributed by atoms with Gasteiger partial charge in [-0.05, 0) is 23.6 Å². The number of rotatable bonds is 6. The largest absolute Gasteiger partial charge is 0.481 e. The van der Waals surface area contributed by atoms with Crippen molar-refractivity contribution in [2.45, 2.75) is 12.8 Å². The number of halogens is 1. The average molecular weight is 348 g/mol. The minimum absolute atomic E-state index is 0.115. The van der Waals surface area contributed by atoms with Crippen LogP contribution in [0.4, 0.5) is 5.82 Å². The van der Waals surface area contributed by atoms with Gasteiger partial charge in [-0.15, -0.1) is 11.3 Å². The fourth-order valence-corrected chi connectivity index (χ4v) is 3.49. The molecular formula is C16H14ClN3O2S. The Labute approximate surface area is 142 Å². The van der Waals surface area contributed by atoms with Crippen LogP contribution >= 0.6 is 22.9 Å². The van der Waals surface area contributed by atoms with Gasteiger partial charge in [0.05, 0.1) is 5.39 Å². The fraction of sp³-hybridized carbons (Fsp3) is 0.188. The van der Waals surface area contributed by atoms with E-state index in [1.165, 1.54) is 11.3 Å². The summed E-state index contributed by atoms with van der Waals surface area (Å²) >= 11 is 7.50. The molecule has 1 aromatic carbocycles. The molecule has 118 valence electrons. The Kier molecular flexibility index (Phi) is 4.73. The smallest absolute Gasteiger partial charge is 0.303 e. The molecule has 0 saturated carbocycles. The first-order valence-corrected chi connectivity index (χ1v) is 8.37. The first-order valence-electron chi connectivity index (χ1n) is 7.11. The van der Waals surface area contributed by atoms with Gasteiger partial charge in [0.25, 0.3) is 0 Å². The molecule has 0 fully saturated rings. The molecule has 0 aliphatic carbocycles. The van der Waals surface area contributed by atoms with E-state index in [9.17, 15) is 4.79 Å². The second-order valence-electron chi connectivity index (χ2n) is 4.96. The van der Waals surface area contributed by atoms with Gasteiger partial charge >= 0.3 is 5.97 Å². The highest BCUT2D eigenvalue weighted by molar-refractivity contribution is 7.17. The van der Waals surface area contributed by atoms with E-state index in [-0.39, 0.29) is 11.7 Å². The molecule has 0 unspecified atom stereocenters. The number of carbonyl (C=O) groups is 1. The molecular weight excluding hydrogens is 334 g/mol. The van der Waals surface area contributed by atoms with Gasteiger partial charge in [0, 0.05) is 23.9 Å². The molecule has 0 atom stereocenters. The summed E-state index contributed by atoms with van der Waals surface area (Å²) in [6.45, 7) is 0.513. The van der Waals surface area contributed by atoms with Crippen LogP contribution in [0, 0.1) is 0 Å². The van der Waals surface area contributed by atoms with Crippen molar-refractivity contribution in [3.05, 3.63) is 41.0 Å². The van der Waals surface area contributed by atoms with E-state index in [1.807, 2.05) is 35.7 Å². The summed E-state index contributed by atoms with van der Waals surface area (Å²) in [4.78, 5) is 20.0. The molecule has 2 N–H and O–H groups in total. The molecule has 23 heavy (non-hydrogen) atoms. The highest BCUT2D eigenvalue weighted by Crippen LogP contribution is 2.37. The lowest BCUT2D eigenvalue weighted by atomic mass is 10.1. The molecule has 2 aromatic heterocycles. The van der Waals surface area contributed by atoms with Crippen molar-refractivity contribution in [3.63, 3.8) is 0 Å². The number of fused-ring (bicyclic) bond motifs is 1. The lowest BCUT2D eigenvalue weighted by molar-refractivity contribution is -0.137. The number of carboxylic acid groups (broad SMARTS) is 1. The molecule has 0 radical (unpaired) electrons. The minimum atomic E-state index is -0.807. The molecule has 7 heteroatoms. The fourth-order valence-electron chi connectivity index (χ4n) is 2.32. The topological polar surface area (TPSA) is 75.1 Å². The Morgan fingerprint density at radius 2 is 2.04 bits per heavy atom. The minimum Gasteiger partial charge on any atom is -0.481 e. The molecule has 0 aliphatic heterocycles. The third kappa shape index (κ3) is 3.60. The summed E-state index contributed by atoms with van der Waals surface area (Å²) in [5, 5.41) is 15.0. The number of hydrogen-bond acceptors (Lipinski definition) is 5. The number of aliphatic carboxylic acids is 1. The van der Waals surface area contributed by atoms with Crippen molar-refractivity contribution in [1.29, 1.82) is 0 Å². The molecule has 0 amide bonds. The number of nitrogens with one attached hydrogen (secondary N) is 1. The van der Waals surface area contributed by atoms with E-state index >= 15 is 0 Å². The van der Waals surface area contributed by atoms with Crippen molar-refractivity contribution in [1.82, 2.24) is 9.97 Å². The summed E-state index contributed by atoms with van der Waals surface area (Å²) < 4.78 is 0. The lowest BCUT2D eigenvalue weighted by Crippen LogP contribution is -2.07. The number of hydrogen-bond donors (Lipinski definition) is 2. The van der Waals surface area contributed by atoms with E-state index in [1.54, 1.807) is 0 Å². The van der Waals surface area contributed by atoms with E-state index in [0.717, 1.165) is 21.3 Å². The van der Waals surface area contributed by atoms with Gasteiger partial charge in [0.1, 0.15) is 10.6 Å². The number of anilines is 1. The number of nitrogens with zero attached hydrogens (tertiary/aromatic N) is 2. The average Bonchev–Trinajstić information content (AvgIpc) is 2.95. The van der Waals surface area contributed by atoms with Crippen molar-refractivity contribution in [2.24, 2.45) is 0 Å². The maximum Gasteiger partial charge on any atom is 0.303 e. The molecule has 0 bridgehead atoms. The maximum absolute atomic E-state index is 10.6. The predicted octanol–water partition coefficient (Wildman–Crippen LogP) is 4.29. The Morgan fingerprint density at radius 3 is 2.78 bits per heavy atom. The zero-order valence-electron chi connectivity index (χ0n) is 12.1. The molecule has 3 rings (SSSR count). The van der Waals surface area contributed by atoms with E-state index in [4.69, 9.17) is 16.7 Å². The van der Waals surface area contributed by atoms with E-state index in [2.05, 4.69) is 15.3 Å². The van der Waals surface area contributed by atoms with Crippen LogP contribution in [-0.2, 0) is 4.79 Å². The highest BCUT2D eigenvalue weighted by Gasteiger charge is 2.14. The van der Waals surface area contributed by atoms with Crippen LogP contribution in [0.3, 0.4) is 0 Å². The SMILES string of the molecule is O=C(O)CCCNc1nc(Cl)nc2scc(-c3ccccc3)c12. The zero-order chi connectivity index (χ0) is 16.2. The van der Waals surface area contributed by atoms with Gasteiger partial charge in [-0.2, -0.15) is 0 Å². The van der Waals surface area contributed by atoms with E-state index < -0.39 is 5.97 Å². The third-order valence-corrected chi connectivity index (χ3v) is 4.39. The predicted molar refractivity (Wildman–Crippen MR) is 93.2 cm³/mol. The van der Waals surface area contributed by atoms with Crippen molar-refractivity contribution in [2.75, 3.05) is 11.9 Å². The molecule has 2 heterocycles. The molecule has 3 aromatic rings. The van der Waals surface area contributed by atoms with Gasteiger partial charge in [-0.3, -0.25) is 4.79 Å². The molecule has 0 aliphatic rings. The second-order valence-corrected chi connectivity index (χ2v) is 6.16.